The van der Waals surface area contributed by atoms with Crippen LogP contribution in [0.4, 0.5) is 0 Å². The van der Waals surface area contributed by atoms with Crippen LogP contribution in [0.5, 0.6) is 5.75 Å². The summed E-state index contributed by atoms with van der Waals surface area (Å²) in [6.45, 7) is -0.557. The van der Waals surface area contributed by atoms with E-state index in [-0.39, 0.29) is 36.4 Å². The third-order valence-corrected chi connectivity index (χ3v) is 5.96. The van der Waals surface area contributed by atoms with Crippen LogP contribution in [0.25, 0.3) is 0 Å². The van der Waals surface area contributed by atoms with Crippen LogP contribution in [0.15, 0.2) is 24.3 Å². The molecule has 1 fully saturated rings. The van der Waals surface area contributed by atoms with E-state index in [1.165, 1.54) is 0 Å². The number of benzene rings is 1. The molecule has 1 aromatic rings. The number of phenolic OH excluding ortho intramolecular Hbond substituents is 1. The summed E-state index contributed by atoms with van der Waals surface area (Å²) in [5.74, 6) is -0.0250. The second kappa shape index (κ2) is 5.71. The number of rotatable bonds is 5. The molecule has 1 heterocycles. The Kier molecular flexibility index (Phi) is 4.36. The van der Waals surface area contributed by atoms with Crippen molar-refractivity contribution in [3.63, 3.8) is 0 Å². The summed E-state index contributed by atoms with van der Waals surface area (Å²) in [7, 11) is -3.07. The molecule has 3 N–H and O–H groups in total. The summed E-state index contributed by atoms with van der Waals surface area (Å²) in [6, 6.07) is 6.60. The van der Waals surface area contributed by atoms with Crippen LogP contribution < -0.4 is 0 Å². The van der Waals surface area contributed by atoms with Crippen LogP contribution in [-0.2, 0) is 16.3 Å². The molecule has 1 aliphatic heterocycles. The maximum absolute atomic E-state index is 11.6. The number of hydrogen-bond acceptors (Lipinski definition) is 5. The average molecular weight is 300 g/mol. The Hall–Kier alpha value is -1.11. The molecule has 0 bridgehead atoms. The highest BCUT2D eigenvalue weighted by atomic mass is 32.2. The lowest BCUT2D eigenvalue weighted by molar-refractivity contribution is 0.0124. The van der Waals surface area contributed by atoms with E-state index >= 15 is 0 Å². The molecule has 0 amide bonds. The van der Waals surface area contributed by atoms with Gasteiger partial charge in [-0.05, 0) is 36.5 Å². The van der Waals surface area contributed by atoms with Gasteiger partial charge in [0.1, 0.15) is 5.75 Å². The minimum Gasteiger partial charge on any atom is -0.508 e. The first-order chi connectivity index (χ1) is 9.41. The normalized spacial score (nSPS) is 22.0. The first-order valence-electron chi connectivity index (χ1n) is 6.61. The van der Waals surface area contributed by atoms with Crippen LogP contribution in [0.1, 0.15) is 12.0 Å². The first kappa shape index (κ1) is 15.3. The Bertz CT molecular complexity index is 563. The van der Waals surface area contributed by atoms with Gasteiger partial charge in [0.25, 0.3) is 0 Å². The lowest BCUT2D eigenvalue weighted by atomic mass is 9.72. The molecule has 1 aromatic carbocycles. The molecule has 1 unspecified atom stereocenters. The van der Waals surface area contributed by atoms with Crippen molar-refractivity contribution in [2.45, 2.75) is 12.8 Å². The topological polar surface area (TPSA) is 94.8 Å². The van der Waals surface area contributed by atoms with E-state index in [1.54, 1.807) is 24.3 Å². The van der Waals surface area contributed by atoms with Crippen molar-refractivity contribution in [3.8, 4) is 5.75 Å². The Morgan fingerprint density at radius 2 is 1.95 bits per heavy atom. The van der Waals surface area contributed by atoms with Crippen LogP contribution in [-0.4, -0.2) is 48.5 Å². The van der Waals surface area contributed by atoms with Gasteiger partial charge < -0.3 is 15.3 Å². The van der Waals surface area contributed by atoms with E-state index in [1.807, 2.05) is 0 Å². The van der Waals surface area contributed by atoms with Gasteiger partial charge in [0.15, 0.2) is 9.84 Å². The second-order valence-corrected chi connectivity index (χ2v) is 7.85. The zero-order valence-corrected chi connectivity index (χ0v) is 12.0. The van der Waals surface area contributed by atoms with E-state index in [4.69, 9.17) is 0 Å². The van der Waals surface area contributed by atoms with Crippen molar-refractivity contribution in [1.29, 1.82) is 0 Å². The molecule has 0 saturated carbocycles. The third kappa shape index (κ3) is 3.13. The quantitative estimate of drug-likeness (QED) is 0.729. The fourth-order valence-corrected chi connectivity index (χ4v) is 4.86. The lowest BCUT2D eigenvalue weighted by Crippen LogP contribution is -2.40. The number of aliphatic hydroxyl groups excluding tert-OH is 2. The van der Waals surface area contributed by atoms with Gasteiger partial charge in [-0.3, -0.25) is 0 Å². The van der Waals surface area contributed by atoms with Gasteiger partial charge >= 0.3 is 0 Å². The van der Waals surface area contributed by atoms with Crippen LogP contribution >= 0.6 is 0 Å². The largest absolute Gasteiger partial charge is 0.508 e. The lowest BCUT2D eigenvalue weighted by Gasteiger charge is -2.35. The van der Waals surface area contributed by atoms with Crippen molar-refractivity contribution >= 4 is 9.84 Å². The summed E-state index contributed by atoms with van der Waals surface area (Å²) >= 11 is 0. The van der Waals surface area contributed by atoms with E-state index in [0.29, 0.717) is 12.8 Å². The summed E-state index contributed by atoms with van der Waals surface area (Å²) in [4.78, 5) is 0. The molecule has 0 aliphatic carbocycles. The Morgan fingerprint density at radius 1 is 1.25 bits per heavy atom. The molecule has 1 atom stereocenters. The van der Waals surface area contributed by atoms with Crippen LogP contribution in [0.2, 0.25) is 0 Å². The van der Waals surface area contributed by atoms with Crippen molar-refractivity contribution in [3.05, 3.63) is 29.8 Å². The van der Waals surface area contributed by atoms with Gasteiger partial charge in [-0.1, -0.05) is 12.1 Å². The standard InChI is InChI=1S/C14H20O5S/c15-9-14(10-16,12-4-5-20(18,19)8-12)7-11-2-1-3-13(17)6-11/h1-3,6,12,15-17H,4-5,7-10H2. The summed E-state index contributed by atoms with van der Waals surface area (Å²) in [6.07, 6.45) is 0.802. The number of aromatic hydroxyl groups is 1. The van der Waals surface area contributed by atoms with Crippen molar-refractivity contribution in [1.82, 2.24) is 0 Å². The van der Waals surface area contributed by atoms with Gasteiger partial charge in [0.05, 0.1) is 24.7 Å². The van der Waals surface area contributed by atoms with Crippen molar-refractivity contribution in [2.75, 3.05) is 24.7 Å². The second-order valence-electron chi connectivity index (χ2n) is 5.63. The molecule has 1 aliphatic rings. The molecule has 0 radical (unpaired) electrons. The minimum atomic E-state index is -3.07. The predicted octanol–water partition coefficient (Wildman–Crippen LogP) is 0.340. The molecule has 2 rings (SSSR count). The van der Waals surface area contributed by atoms with Crippen LogP contribution in [0.3, 0.4) is 0 Å². The van der Waals surface area contributed by atoms with Gasteiger partial charge in [-0.2, -0.15) is 0 Å². The van der Waals surface area contributed by atoms with Crippen LogP contribution in [0, 0.1) is 11.3 Å². The molecule has 0 aromatic heterocycles. The fraction of sp³-hybridized carbons (Fsp3) is 0.571. The van der Waals surface area contributed by atoms with E-state index in [2.05, 4.69) is 0 Å². The highest BCUT2D eigenvalue weighted by Gasteiger charge is 2.44. The Morgan fingerprint density at radius 3 is 2.45 bits per heavy atom. The van der Waals surface area contributed by atoms with Gasteiger partial charge in [-0.25, -0.2) is 8.42 Å². The smallest absolute Gasteiger partial charge is 0.150 e. The number of hydrogen-bond donors (Lipinski definition) is 3. The molecule has 1 saturated heterocycles. The van der Waals surface area contributed by atoms with E-state index < -0.39 is 15.3 Å². The van der Waals surface area contributed by atoms with Gasteiger partial charge in [0.2, 0.25) is 0 Å². The fourth-order valence-electron chi connectivity index (χ4n) is 2.92. The maximum atomic E-state index is 11.6. The molecular weight excluding hydrogens is 280 g/mol. The number of aliphatic hydroxyl groups is 2. The predicted molar refractivity (Wildman–Crippen MR) is 75.2 cm³/mol. The number of phenols is 1. The van der Waals surface area contributed by atoms with E-state index in [0.717, 1.165) is 5.56 Å². The van der Waals surface area contributed by atoms with Crippen molar-refractivity contribution in [2.24, 2.45) is 11.3 Å². The monoisotopic (exact) mass is 300 g/mol. The highest BCUT2D eigenvalue weighted by molar-refractivity contribution is 7.91. The Labute approximate surface area is 118 Å². The molecule has 112 valence electrons. The SMILES string of the molecule is O=S1(=O)CCC(C(CO)(CO)Cc2cccc(O)c2)C1. The van der Waals surface area contributed by atoms with Crippen molar-refractivity contribution < 1.29 is 23.7 Å². The Balaban J connectivity index is 2.26. The summed E-state index contributed by atoms with van der Waals surface area (Å²) in [5, 5.41) is 28.9. The molecule has 0 spiro atoms. The molecule has 5 nitrogen and oxygen atoms in total. The summed E-state index contributed by atoms with van der Waals surface area (Å²) in [5.41, 5.74) is -0.0884. The first-order valence-corrected chi connectivity index (χ1v) is 8.43. The van der Waals surface area contributed by atoms with Gasteiger partial charge in [-0.15, -0.1) is 0 Å². The van der Waals surface area contributed by atoms with E-state index in [9.17, 15) is 23.7 Å². The highest BCUT2D eigenvalue weighted by Crippen LogP contribution is 2.38. The third-order valence-electron chi connectivity index (χ3n) is 4.20. The maximum Gasteiger partial charge on any atom is 0.150 e. The minimum absolute atomic E-state index is 0.00688. The summed E-state index contributed by atoms with van der Waals surface area (Å²) < 4.78 is 23.2. The van der Waals surface area contributed by atoms with Gasteiger partial charge in [0, 0.05) is 5.41 Å². The number of sulfone groups is 1. The molecular formula is C14H20O5S. The zero-order valence-electron chi connectivity index (χ0n) is 11.2. The average Bonchev–Trinajstić information content (AvgIpc) is 2.77. The zero-order chi connectivity index (χ0) is 14.8. The molecule has 20 heavy (non-hydrogen) atoms. The molecule has 6 heteroatoms.